The molecule has 1 fully saturated rings. The number of ether oxygens (including phenoxy) is 1. The molecule has 5 heterocycles. The molecule has 3 aromatic rings. The van der Waals surface area contributed by atoms with Gasteiger partial charge in [-0.3, -0.25) is 15.3 Å². The summed E-state index contributed by atoms with van der Waals surface area (Å²) in [6, 6.07) is -0.642. The van der Waals surface area contributed by atoms with E-state index in [-0.39, 0.29) is 53.8 Å². The molecule has 0 radical (unpaired) electrons. The molecule has 2 aliphatic heterocycles. The summed E-state index contributed by atoms with van der Waals surface area (Å²) in [7, 11) is 0. The van der Waals surface area contributed by atoms with Gasteiger partial charge in [-0.2, -0.15) is 5.70 Å². The van der Waals surface area contributed by atoms with E-state index in [2.05, 4.69) is 20.4 Å². The standard InChI is InChI=1S/C35H37N5O5.Mg/c1-7-19-15(3)22-11-24-17(5)21(9-10-28(41)42)32(39-24)30-31(35(44)45-14-36)34(43)29-18(6)25(40-33(29)30)13-27-20(8-2)16(4)23(38-27)12-26(19)37-22;/h7,11-13,17,21,31-32,43H,1,8-10,14,36H2,2-6H3,(H,41,42);/q-4;+2/b23-12-,24-11-,27-13-;/t17-,21-,31+,32?;/m0./s1. The quantitative estimate of drug-likeness (QED) is 0.197. The maximum Gasteiger partial charge on any atom is 2.00 e. The molecule has 3 aliphatic rings. The number of allylic oxidation sites excluding steroid dienone is 1. The number of carbonyl (C=O) groups is 2. The number of rotatable bonds is 7. The van der Waals surface area contributed by atoms with E-state index in [1.54, 1.807) is 6.08 Å². The Hall–Kier alpha value is -3.93. The van der Waals surface area contributed by atoms with E-state index < -0.39 is 23.9 Å². The zero-order chi connectivity index (χ0) is 32.3. The molecule has 4 N–H and O–H groups in total. The van der Waals surface area contributed by atoms with E-state index in [0.29, 0.717) is 33.8 Å². The van der Waals surface area contributed by atoms with Gasteiger partial charge in [0, 0.05) is 11.6 Å². The molecule has 0 saturated carbocycles. The van der Waals surface area contributed by atoms with E-state index in [9.17, 15) is 19.8 Å². The second-order valence-corrected chi connectivity index (χ2v) is 12.0. The summed E-state index contributed by atoms with van der Waals surface area (Å²) in [6.45, 7) is 13.7. The Morgan fingerprint density at radius 3 is 2.37 bits per heavy atom. The van der Waals surface area contributed by atoms with Gasteiger partial charge in [-0.1, -0.05) is 78.6 Å². The SMILES string of the molecule is C=Cc1c2[n-]c(c1C)/C=C1\[N-]C(C3=c4[n-]c(c(C)c4=C(O)[C@@H]3C(=O)OCN)/C=c3\[n-]/c(c(C)c3CC)=C\2)[C@@H](CCC(=O)O)[C@@H]1C.[Mg+2]. The van der Waals surface area contributed by atoms with Crippen molar-refractivity contribution in [2.75, 3.05) is 6.73 Å². The topological polar surface area (TPSA) is 166 Å². The second-order valence-electron chi connectivity index (χ2n) is 12.0. The number of carboxylic acid groups (broad SMARTS) is 1. The van der Waals surface area contributed by atoms with E-state index in [0.717, 1.165) is 56.5 Å². The fourth-order valence-corrected chi connectivity index (χ4v) is 7.25. The van der Waals surface area contributed by atoms with Gasteiger partial charge in [-0.25, -0.2) is 0 Å². The molecule has 1 aliphatic carbocycles. The Morgan fingerprint density at radius 2 is 1.72 bits per heavy atom. The molecule has 3 aromatic heterocycles. The van der Waals surface area contributed by atoms with E-state index in [1.165, 1.54) is 0 Å². The van der Waals surface area contributed by atoms with Gasteiger partial charge in [0.2, 0.25) is 0 Å². The summed E-state index contributed by atoms with van der Waals surface area (Å²) in [6.07, 6.45) is 8.63. The molecule has 0 amide bonds. The molecular weight excluding hydrogens is 595 g/mol. The Labute approximate surface area is 283 Å². The van der Waals surface area contributed by atoms with Crippen LogP contribution in [-0.4, -0.2) is 58.0 Å². The molecule has 0 spiro atoms. The monoisotopic (exact) mass is 631 g/mol. The molecule has 10 nitrogen and oxygen atoms in total. The molecule has 46 heavy (non-hydrogen) atoms. The van der Waals surface area contributed by atoms with Crippen LogP contribution in [0.3, 0.4) is 0 Å². The summed E-state index contributed by atoms with van der Waals surface area (Å²) in [5.74, 6) is -3.41. The van der Waals surface area contributed by atoms with Gasteiger partial charge in [-0.05, 0) is 51.0 Å². The first-order valence-electron chi connectivity index (χ1n) is 15.3. The smallest absolute Gasteiger partial charge is 0.681 e. The molecule has 4 atom stereocenters. The van der Waals surface area contributed by atoms with Crippen LogP contribution < -0.4 is 42.0 Å². The number of aliphatic carboxylic acids is 1. The summed E-state index contributed by atoms with van der Waals surface area (Å²) in [5, 5.41) is 28.9. The van der Waals surface area contributed by atoms with Crippen molar-refractivity contribution in [1.29, 1.82) is 0 Å². The third-order valence-electron chi connectivity index (χ3n) is 9.70. The molecule has 1 saturated heterocycles. The van der Waals surface area contributed by atoms with E-state index in [1.807, 2.05) is 39.0 Å². The number of aromatic nitrogens is 3. The van der Waals surface area contributed by atoms with Crippen molar-refractivity contribution in [3.05, 3.63) is 83.8 Å². The molecule has 8 bridgehead atoms. The minimum absolute atomic E-state index is 0. The average molecular weight is 632 g/mol. The van der Waals surface area contributed by atoms with Crippen LogP contribution in [0.5, 0.6) is 0 Å². The Bertz CT molecular complexity index is 2050. The third-order valence-corrected chi connectivity index (χ3v) is 9.70. The molecule has 236 valence electrons. The third kappa shape index (κ3) is 5.24. The summed E-state index contributed by atoms with van der Waals surface area (Å²) < 4.78 is 5.24. The van der Waals surface area contributed by atoms with Crippen molar-refractivity contribution in [2.45, 2.75) is 59.9 Å². The number of hydrogen-bond donors (Lipinski definition) is 3. The number of carbonyl (C=O) groups excluding carboxylic acids is 1. The minimum atomic E-state index is -1.16. The van der Waals surface area contributed by atoms with Gasteiger partial charge in [0.1, 0.15) is 18.4 Å². The summed E-state index contributed by atoms with van der Waals surface area (Å²) >= 11 is 0. The number of nitrogens with two attached hydrogens (primary N) is 1. The number of esters is 1. The van der Waals surface area contributed by atoms with Gasteiger partial charge in [-0.15, -0.1) is 33.1 Å². The number of aliphatic hydroxyl groups excluding tert-OH is 1. The van der Waals surface area contributed by atoms with E-state index >= 15 is 0 Å². The average Bonchev–Trinajstić information content (AvgIpc) is 3.73. The molecular formula is C35H37MgN5O5-2. The van der Waals surface area contributed by atoms with Gasteiger partial charge in [0.15, 0.2) is 0 Å². The van der Waals surface area contributed by atoms with Crippen molar-refractivity contribution in [3.8, 4) is 0 Å². The normalized spacial score (nSPS) is 23.7. The Balaban J connectivity index is 0.00000417. The van der Waals surface area contributed by atoms with Crippen LogP contribution in [-0.2, 0) is 20.7 Å². The largest absolute Gasteiger partial charge is 2.00 e. The second kappa shape index (κ2) is 12.7. The maximum absolute atomic E-state index is 13.4. The van der Waals surface area contributed by atoms with Crippen LogP contribution in [0.2, 0.25) is 0 Å². The predicted molar refractivity (Wildman–Crippen MR) is 177 cm³/mol. The first kappa shape index (κ1) is 33.4. The summed E-state index contributed by atoms with van der Waals surface area (Å²) in [4.78, 5) is 40.1. The minimum Gasteiger partial charge on any atom is -0.681 e. The van der Waals surface area contributed by atoms with Crippen molar-refractivity contribution in [1.82, 2.24) is 15.0 Å². The number of hydrogen-bond acceptors (Lipinski definition) is 5. The molecule has 6 rings (SSSR count). The van der Waals surface area contributed by atoms with Crippen molar-refractivity contribution < 1.29 is 24.5 Å². The predicted octanol–water partition coefficient (Wildman–Crippen LogP) is 1.10. The Morgan fingerprint density at radius 1 is 1.02 bits per heavy atom. The number of fused-ring (bicyclic) bond motifs is 8. The van der Waals surface area contributed by atoms with Gasteiger partial charge in [0.25, 0.3) is 0 Å². The van der Waals surface area contributed by atoms with Crippen molar-refractivity contribution >= 4 is 70.6 Å². The fourth-order valence-electron chi connectivity index (χ4n) is 7.25. The Kier molecular flexibility index (Phi) is 9.22. The number of carboxylic acids is 1. The fraction of sp³-hybridized carbons (Fsp3) is 0.371. The molecule has 1 unspecified atom stereocenters. The van der Waals surface area contributed by atoms with Crippen LogP contribution in [0, 0.1) is 38.5 Å². The first-order chi connectivity index (χ1) is 21.5. The van der Waals surface area contributed by atoms with Crippen LogP contribution in [0.25, 0.3) is 41.0 Å². The van der Waals surface area contributed by atoms with Crippen LogP contribution in [0.1, 0.15) is 71.6 Å². The molecule has 11 heteroatoms. The van der Waals surface area contributed by atoms with Gasteiger partial charge < -0.3 is 35.2 Å². The van der Waals surface area contributed by atoms with Gasteiger partial charge >= 0.3 is 35.0 Å². The van der Waals surface area contributed by atoms with Crippen molar-refractivity contribution in [3.63, 3.8) is 0 Å². The van der Waals surface area contributed by atoms with Crippen LogP contribution >= 0.6 is 0 Å². The first-order valence-corrected chi connectivity index (χ1v) is 15.3. The van der Waals surface area contributed by atoms with Crippen molar-refractivity contribution in [2.24, 2.45) is 23.5 Å². The summed E-state index contributed by atoms with van der Waals surface area (Å²) in [5.41, 5.74) is 13.6. The number of aliphatic hydroxyl groups is 1. The number of nitrogens with zero attached hydrogens (tertiary/aromatic N) is 4. The zero-order valence-electron chi connectivity index (χ0n) is 26.8. The zero-order valence-corrected chi connectivity index (χ0v) is 28.3. The van der Waals surface area contributed by atoms with E-state index in [4.69, 9.17) is 30.7 Å². The van der Waals surface area contributed by atoms with Gasteiger partial charge in [0.05, 0.1) is 0 Å². The van der Waals surface area contributed by atoms with Crippen LogP contribution in [0.4, 0.5) is 0 Å². The maximum atomic E-state index is 13.4. The van der Waals surface area contributed by atoms with Crippen LogP contribution in [0.15, 0.2) is 12.3 Å². The molecule has 0 aromatic carbocycles.